The van der Waals surface area contributed by atoms with Crippen LogP contribution in [-0.4, -0.2) is 0 Å². The third-order valence-corrected chi connectivity index (χ3v) is 3.46. The van der Waals surface area contributed by atoms with Crippen molar-refractivity contribution >= 4 is 0 Å². The van der Waals surface area contributed by atoms with Gasteiger partial charge in [0, 0.05) is 12.6 Å². The fraction of sp³-hybridized carbons (Fsp3) is 0.294. The molecule has 0 aromatic heterocycles. The van der Waals surface area contributed by atoms with E-state index in [0.717, 1.165) is 12.0 Å². The van der Waals surface area contributed by atoms with Crippen molar-refractivity contribution < 1.29 is 9.13 Å². The molecule has 0 heterocycles. The largest absolute Gasteiger partial charge is 0.457 e. The summed E-state index contributed by atoms with van der Waals surface area (Å²) in [4.78, 5) is 0. The molecular formula is C17H20FNO. The summed E-state index contributed by atoms with van der Waals surface area (Å²) in [7, 11) is 0. The zero-order valence-electron chi connectivity index (χ0n) is 11.9. The van der Waals surface area contributed by atoms with Gasteiger partial charge >= 0.3 is 0 Å². The highest BCUT2D eigenvalue weighted by Crippen LogP contribution is 2.26. The predicted octanol–water partition coefficient (Wildman–Crippen LogP) is 4.59. The molecule has 0 spiro atoms. The molecule has 0 radical (unpaired) electrons. The molecule has 2 aromatic rings. The van der Waals surface area contributed by atoms with Gasteiger partial charge in [0.1, 0.15) is 17.3 Å². The Labute approximate surface area is 119 Å². The van der Waals surface area contributed by atoms with E-state index in [4.69, 9.17) is 10.5 Å². The van der Waals surface area contributed by atoms with Crippen molar-refractivity contribution in [3.63, 3.8) is 0 Å². The maximum atomic E-state index is 13.4. The Morgan fingerprint density at radius 1 is 1.10 bits per heavy atom. The van der Waals surface area contributed by atoms with Gasteiger partial charge in [-0.15, -0.1) is 0 Å². The maximum absolute atomic E-state index is 13.4. The lowest BCUT2D eigenvalue weighted by Gasteiger charge is -2.11. The summed E-state index contributed by atoms with van der Waals surface area (Å²) in [6.07, 6.45) is 1.10. The Balaban J connectivity index is 2.15. The van der Waals surface area contributed by atoms with Crippen molar-refractivity contribution in [1.82, 2.24) is 0 Å². The first-order valence-electron chi connectivity index (χ1n) is 6.89. The summed E-state index contributed by atoms with van der Waals surface area (Å²) >= 11 is 0. The van der Waals surface area contributed by atoms with Crippen LogP contribution in [0.1, 0.15) is 37.3 Å². The smallest absolute Gasteiger partial charge is 0.130 e. The highest BCUT2D eigenvalue weighted by molar-refractivity contribution is 5.36. The molecule has 0 fully saturated rings. The molecule has 0 bridgehead atoms. The summed E-state index contributed by atoms with van der Waals surface area (Å²) in [5.41, 5.74) is 7.53. The maximum Gasteiger partial charge on any atom is 0.130 e. The Kier molecular flexibility index (Phi) is 4.74. The van der Waals surface area contributed by atoms with Gasteiger partial charge in [0.25, 0.3) is 0 Å². The van der Waals surface area contributed by atoms with E-state index in [-0.39, 0.29) is 5.82 Å². The van der Waals surface area contributed by atoms with Crippen LogP contribution in [0.3, 0.4) is 0 Å². The third kappa shape index (κ3) is 3.58. The lowest BCUT2D eigenvalue weighted by atomic mass is 9.99. The van der Waals surface area contributed by atoms with E-state index in [0.29, 0.717) is 24.0 Å². The molecule has 0 saturated heterocycles. The fourth-order valence-corrected chi connectivity index (χ4v) is 2.03. The molecule has 2 aromatic carbocycles. The van der Waals surface area contributed by atoms with E-state index >= 15 is 0 Å². The van der Waals surface area contributed by atoms with Crippen LogP contribution in [0.2, 0.25) is 0 Å². The van der Waals surface area contributed by atoms with Crippen molar-refractivity contribution in [2.45, 2.75) is 32.7 Å². The molecule has 106 valence electrons. The molecule has 0 aliphatic rings. The normalized spacial score (nSPS) is 12.2. The zero-order valence-corrected chi connectivity index (χ0v) is 11.9. The Hall–Kier alpha value is -1.87. The Bertz CT molecular complexity index is 566. The van der Waals surface area contributed by atoms with Crippen LogP contribution in [-0.2, 0) is 6.54 Å². The Morgan fingerprint density at radius 2 is 1.80 bits per heavy atom. The molecule has 1 unspecified atom stereocenters. The molecule has 0 amide bonds. The monoisotopic (exact) mass is 273 g/mol. The highest BCUT2D eigenvalue weighted by Gasteiger charge is 2.05. The second-order valence-corrected chi connectivity index (χ2v) is 4.98. The van der Waals surface area contributed by atoms with Gasteiger partial charge in [-0.1, -0.05) is 26.0 Å². The van der Waals surface area contributed by atoms with Crippen molar-refractivity contribution in [2.75, 3.05) is 0 Å². The quantitative estimate of drug-likeness (QED) is 0.864. The van der Waals surface area contributed by atoms with Crippen LogP contribution in [0.25, 0.3) is 0 Å². The number of halogens is 1. The molecule has 3 heteroatoms. The van der Waals surface area contributed by atoms with Crippen molar-refractivity contribution in [1.29, 1.82) is 0 Å². The van der Waals surface area contributed by atoms with Crippen molar-refractivity contribution in [3.05, 3.63) is 59.4 Å². The lowest BCUT2D eigenvalue weighted by molar-refractivity contribution is 0.475. The Morgan fingerprint density at radius 3 is 2.40 bits per heavy atom. The fourth-order valence-electron chi connectivity index (χ4n) is 2.03. The number of hydrogen-bond donors (Lipinski definition) is 1. The molecule has 2 rings (SSSR count). The van der Waals surface area contributed by atoms with E-state index in [1.165, 1.54) is 17.7 Å². The molecule has 2 nitrogen and oxygen atoms in total. The minimum absolute atomic E-state index is 0.293. The minimum Gasteiger partial charge on any atom is -0.457 e. The summed E-state index contributed by atoms with van der Waals surface area (Å²) in [5.74, 6) is 1.37. The topological polar surface area (TPSA) is 35.2 Å². The molecule has 2 N–H and O–H groups in total. The highest BCUT2D eigenvalue weighted by atomic mass is 19.1. The average Bonchev–Trinajstić information content (AvgIpc) is 2.46. The summed E-state index contributed by atoms with van der Waals surface area (Å²) < 4.78 is 19.1. The average molecular weight is 273 g/mol. The van der Waals surface area contributed by atoms with Crippen LogP contribution in [0.5, 0.6) is 11.5 Å². The summed E-state index contributed by atoms with van der Waals surface area (Å²) in [6, 6.07) is 12.5. The van der Waals surface area contributed by atoms with Gasteiger partial charge in [-0.2, -0.15) is 0 Å². The van der Waals surface area contributed by atoms with Gasteiger partial charge in [0.15, 0.2) is 0 Å². The van der Waals surface area contributed by atoms with Crippen LogP contribution in [0.4, 0.5) is 4.39 Å². The molecule has 0 saturated carbocycles. The van der Waals surface area contributed by atoms with E-state index < -0.39 is 0 Å². The van der Waals surface area contributed by atoms with Gasteiger partial charge in [-0.05, 0) is 47.7 Å². The molecule has 1 atom stereocenters. The van der Waals surface area contributed by atoms with Gasteiger partial charge in [-0.25, -0.2) is 4.39 Å². The molecular weight excluding hydrogens is 253 g/mol. The van der Waals surface area contributed by atoms with Gasteiger partial charge < -0.3 is 10.5 Å². The number of hydrogen-bond acceptors (Lipinski definition) is 2. The summed E-state index contributed by atoms with van der Waals surface area (Å²) in [6.45, 7) is 4.65. The molecule has 0 aliphatic heterocycles. The van der Waals surface area contributed by atoms with Crippen LogP contribution >= 0.6 is 0 Å². The first kappa shape index (κ1) is 14.5. The van der Waals surface area contributed by atoms with Gasteiger partial charge in [0.2, 0.25) is 0 Å². The van der Waals surface area contributed by atoms with E-state index in [1.807, 2.05) is 24.3 Å². The van der Waals surface area contributed by atoms with Gasteiger partial charge in [0.05, 0.1) is 0 Å². The van der Waals surface area contributed by atoms with Crippen molar-refractivity contribution in [3.8, 4) is 11.5 Å². The van der Waals surface area contributed by atoms with Crippen molar-refractivity contribution in [2.24, 2.45) is 5.73 Å². The minimum atomic E-state index is -0.334. The lowest BCUT2D eigenvalue weighted by Crippen LogP contribution is -1.97. The summed E-state index contributed by atoms with van der Waals surface area (Å²) in [5, 5.41) is 0. The van der Waals surface area contributed by atoms with E-state index in [1.54, 1.807) is 6.07 Å². The molecule has 20 heavy (non-hydrogen) atoms. The number of nitrogens with two attached hydrogens (primary N) is 1. The predicted molar refractivity (Wildman–Crippen MR) is 79.5 cm³/mol. The zero-order chi connectivity index (χ0) is 14.5. The first-order chi connectivity index (χ1) is 9.62. The van der Waals surface area contributed by atoms with Gasteiger partial charge in [-0.3, -0.25) is 0 Å². The SMILES string of the molecule is CCC(C)c1ccc(Oc2cc(F)cc(CN)c2)cc1. The molecule has 0 aliphatic carbocycles. The standard InChI is InChI=1S/C17H20FNO/c1-3-12(2)14-4-6-16(7-5-14)20-17-9-13(11-19)8-15(18)10-17/h4-10,12H,3,11,19H2,1-2H3. The van der Waals surface area contributed by atoms with Crippen LogP contribution in [0, 0.1) is 5.82 Å². The number of benzene rings is 2. The van der Waals surface area contributed by atoms with E-state index in [9.17, 15) is 4.39 Å². The first-order valence-corrected chi connectivity index (χ1v) is 6.89. The second kappa shape index (κ2) is 6.53. The third-order valence-electron chi connectivity index (χ3n) is 3.46. The van der Waals surface area contributed by atoms with Crippen LogP contribution < -0.4 is 10.5 Å². The second-order valence-electron chi connectivity index (χ2n) is 4.98. The van der Waals surface area contributed by atoms with E-state index in [2.05, 4.69) is 13.8 Å². The number of rotatable bonds is 5. The van der Waals surface area contributed by atoms with Crippen LogP contribution in [0.15, 0.2) is 42.5 Å². The number of ether oxygens (including phenoxy) is 1.